The van der Waals surface area contributed by atoms with Crippen LogP contribution in [0.5, 0.6) is 0 Å². The summed E-state index contributed by atoms with van der Waals surface area (Å²) in [5.74, 6) is 0.840. The van der Waals surface area contributed by atoms with E-state index in [1.54, 1.807) is 6.07 Å². The smallest absolute Gasteiger partial charge is 0.313 e. The van der Waals surface area contributed by atoms with Gasteiger partial charge in [-0.2, -0.15) is 0 Å². The molecular weight excluding hydrogens is 242 g/mol. The van der Waals surface area contributed by atoms with Crippen LogP contribution in [0.1, 0.15) is 18.7 Å². The van der Waals surface area contributed by atoms with Gasteiger partial charge < -0.3 is 9.64 Å². The number of anilines is 1. The van der Waals surface area contributed by atoms with Crippen LogP contribution in [0.2, 0.25) is 5.15 Å². The fraction of sp³-hybridized carbons (Fsp3) is 0.545. The Balaban J connectivity index is 2.19. The number of halogens is 1. The van der Waals surface area contributed by atoms with Crippen molar-refractivity contribution < 1.29 is 9.53 Å². The summed E-state index contributed by atoms with van der Waals surface area (Å²) in [4.78, 5) is 21.7. The molecule has 0 spiro atoms. The van der Waals surface area contributed by atoms with E-state index in [-0.39, 0.29) is 12.4 Å². The van der Waals surface area contributed by atoms with Gasteiger partial charge in [-0.25, -0.2) is 9.97 Å². The standard InChI is InChI=1S/C11H14ClN3O2/c1-17-11(16)7-9-13-8(12)6-10(14-9)15-4-2-3-5-15/h6H,2-5,7H2,1H3. The van der Waals surface area contributed by atoms with Crippen LogP contribution in [0.15, 0.2) is 6.07 Å². The van der Waals surface area contributed by atoms with Crippen LogP contribution in [0.25, 0.3) is 0 Å². The van der Waals surface area contributed by atoms with Gasteiger partial charge in [-0.1, -0.05) is 11.6 Å². The molecule has 0 atom stereocenters. The van der Waals surface area contributed by atoms with Crippen LogP contribution < -0.4 is 4.90 Å². The molecule has 0 bridgehead atoms. The number of aromatic nitrogens is 2. The summed E-state index contributed by atoms with van der Waals surface area (Å²) < 4.78 is 4.58. The molecule has 2 heterocycles. The third-order valence-electron chi connectivity index (χ3n) is 2.69. The minimum absolute atomic E-state index is 0.0535. The van der Waals surface area contributed by atoms with E-state index in [1.165, 1.54) is 7.11 Å². The lowest BCUT2D eigenvalue weighted by molar-refractivity contribution is -0.139. The van der Waals surface area contributed by atoms with Gasteiger partial charge in [-0.05, 0) is 12.8 Å². The summed E-state index contributed by atoms with van der Waals surface area (Å²) in [5, 5.41) is 0.362. The van der Waals surface area contributed by atoms with Crippen LogP contribution in [-0.4, -0.2) is 36.1 Å². The molecule has 0 N–H and O–H groups in total. The Hall–Kier alpha value is -1.36. The molecule has 0 aliphatic carbocycles. The number of carbonyl (C=O) groups excluding carboxylic acids is 1. The van der Waals surface area contributed by atoms with E-state index in [1.807, 2.05) is 0 Å². The Morgan fingerprint density at radius 3 is 2.82 bits per heavy atom. The van der Waals surface area contributed by atoms with Gasteiger partial charge in [0.25, 0.3) is 0 Å². The van der Waals surface area contributed by atoms with Crippen LogP contribution >= 0.6 is 11.6 Å². The minimum Gasteiger partial charge on any atom is -0.469 e. The van der Waals surface area contributed by atoms with Crippen molar-refractivity contribution in [1.82, 2.24) is 9.97 Å². The molecular formula is C11H14ClN3O2. The summed E-state index contributed by atoms with van der Waals surface area (Å²) in [6.07, 6.45) is 2.37. The summed E-state index contributed by atoms with van der Waals surface area (Å²) in [6, 6.07) is 1.73. The number of hydrogen-bond acceptors (Lipinski definition) is 5. The largest absolute Gasteiger partial charge is 0.469 e. The number of nitrogens with zero attached hydrogens (tertiary/aromatic N) is 3. The molecule has 1 saturated heterocycles. The lowest BCUT2D eigenvalue weighted by atomic mass is 10.4. The second-order valence-corrected chi connectivity index (χ2v) is 4.30. The molecule has 1 aromatic rings. The summed E-state index contributed by atoms with van der Waals surface area (Å²) >= 11 is 5.93. The van der Waals surface area contributed by atoms with E-state index in [0.717, 1.165) is 31.7 Å². The second kappa shape index (κ2) is 5.31. The maximum absolute atomic E-state index is 11.2. The van der Waals surface area contributed by atoms with Crippen molar-refractivity contribution in [2.75, 3.05) is 25.1 Å². The minimum atomic E-state index is -0.361. The first kappa shape index (κ1) is 12.1. The predicted octanol–water partition coefficient (Wildman–Crippen LogP) is 1.45. The highest BCUT2D eigenvalue weighted by molar-refractivity contribution is 6.29. The van der Waals surface area contributed by atoms with E-state index in [4.69, 9.17) is 11.6 Å². The zero-order valence-electron chi connectivity index (χ0n) is 9.65. The van der Waals surface area contributed by atoms with Crippen LogP contribution in [0.3, 0.4) is 0 Å². The van der Waals surface area contributed by atoms with Gasteiger partial charge in [0.2, 0.25) is 0 Å². The quantitative estimate of drug-likeness (QED) is 0.604. The Labute approximate surface area is 105 Å². The molecule has 1 aliphatic heterocycles. The van der Waals surface area contributed by atoms with Crippen LogP contribution in [-0.2, 0) is 16.0 Å². The third kappa shape index (κ3) is 3.06. The zero-order chi connectivity index (χ0) is 12.3. The van der Waals surface area contributed by atoms with Crippen LogP contribution in [0, 0.1) is 0 Å². The van der Waals surface area contributed by atoms with Crippen molar-refractivity contribution in [3.05, 3.63) is 17.0 Å². The molecule has 17 heavy (non-hydrogen) atoms. The number of esters is 1. The lowest BCUT2D eigenvalue weighted by Gasteiger charge is -2.16. The number of rotatable bonds is 3. The molecule has 1 aromatic heterocycles. The molecule has 2 rings (SSSR count). The molecule has 5 nitrogen and oxygen atoms in total. The maximum Gasteiger partial charge on any atom is 0.313 e. The molecule has 0 saturated carbocycles. The molecule has 0 unspecified atom stereocenters. The van der Waals surface area contributed by atoms with Crippen molar-refractivity contribution in [1.29, 1.82) is 0 Å². The molecule has 6 heteroatoms. The van der Waals surface area contributed by atoms with Crippen molar-refractivity contribution in [3.8, 4) is 0 Å². The van der Waals surface area contributed by atoms with E-state index in [2.05, 4.69) is 19.6 Å². The van der Waals surface area contributed by atoms with E-state index in [0.29, 0.717) is 11.0 Å². The van der Waals surface area contributed by atoms with E-state index in [9.17, 15) is 4.79 Å². The average molecular weight is 256 g/mol. The average Bonchev–Trinajstić information content (AvgIpc) is 2.81. The van der Waals surface area contributed by atoms with Gasteiger partial charge in [-0.15, -0.1) is 0 Å². The van der Waals surface area contributed by atoms with Gasteiger partial charge in [-0.3, -0.25) is 4.79 Å². The highest BCUT2D eigenvalue weighted by atomic mass is 35.5. The summed E-state index contributed by atoms with van der Waals surface area (Å²) in [5.41, 5.74) is 0. The molecule has 92 valence electrons. The highest BCUT2D eigenvalue weighted by Crippen LogP contribution is 2.20. The summed E-state index contributed by atoms with van der Waals surface area (Å²) in [7, 11) is 1.34. The van der Waals surface area contributed by atoms with E-state index < -0.39 is 0 Å². The molecule has 0 radical (unpaired) electrons. The topological polar surface area (TPSA) is 55.3 Å². The lowest BCUT2D eigenvalue weighted by Crippen LogP contribution is -2.20. The third-order valence-corrected chi connectivity index (χ3v) is 2.88. The molecule has 1 fully saturated rings. The van der Waals surface area contributed by atoms with Gasteiger partial charge in [0, 0.05) is 19.2 Å². The Morgan fingerprint density at radius 2 is 2.18 bits per heavy atom. The first-order valence-corrected chi connectivity index (χ1v) is 5.92. The number of carbonyl (C=O) groups is 1. The zero-order valence-corrected chi connectivity index (χ0v) is 10.4. The fourth-order valence-electron chi connectivity index (χ4n) is 1.84. The fourth-order valence-corrected chi connectivity index (χ4v) is 2.04. The normalized spacial score (nSPS) is 15.1. The predicted molar refractivity (Wildman–Crippen MR) is 64.2 cm³/mol. The van der Waals surface area contributed by atoms with Gasteiger partial charge >= 0.3 is 5.97 Å². The number of ether oxygens (including phenoxy) is 1. The maximum atomic E-state index is 11.2. The second-order valence-electron chi connectivity index (χ2n) is 3.91. The van der Waals surface area contributed by atoms with Crippen molar-refractivity contribution >= 4 is 23.4 Å². The molecule has 1 aliphatic rings. The van der Waals surface area contributed by atoms with Crippen molar-refractivity contribution in [2.24, 2.45) is 0 Å². The highest BCUT2D eigenvalue weighted by Gasteiger charge is 2.16. The van der Waals surface area contributed by atoms with Crippen molar-refractivity contribution in [3.63, 3.8) is 0 Å². The first-order chi connectivity index (χ1) is 8.19. The van der Waals surface area contributed by atoms with E-state index >= 15 is 0 Å². The Kier molecular flexibility index (Phi) is 3.78. The number of hydrogen-bond donors (Lipinski definition) is 0. The van der Waals surface area contributed by atoms with Crippen LogP contribution in [0.4, 0.5) is 5.82 Å². The van der Waals surface area contributed by atoms with Crippen molar-refractivity contribution in [2.45, 2.75) is 19.3 Å². The Bertz CT molecular complexity index is 419. The van der Waals surface area contributed by atoms with Gasteiger partial charge in [0.15, 0.2) is 0 Å². The van der Waals surface area contributed by atoms with Gasteiger partial charge in [0.1, 0.15) is 23.2 Å². The molecule has 0 amide bonds. The summed E-state index contributed by atoms with van der Waals surface area (Å²) in [6.45, 7) is 1.95. The first-order valence-electron chi connectivity index (χ1n) is 5.54. The van der Waals surface area contributed by atoms with Gasteiger partial charge in [0.05, 0.1) is 7.11 Å². The SMILES string of the molecule is COC(=O)Cc1nc(Cl)cc(N2CCCC2)n1. The Morgan fingerprint density at radius 1 is 1.47 bits per heavy atom. The molecule has 0 aromatic carbocycles. The number of methoxy groups -OCH3 is 1. The monoisotopic (exact) mass is 255 g/mol.